The van der Waals surface area contributed by atoms with Crippen LogP contribution in [0.15, 0.2) is 0 Å². The first-order valence-electron chi connectivity index (χ1n) is 21.7. The van der Waals surface area contributed by atoms with E-state index in [-0.39, 0.29) is 69.5 Å². The first kappa shape index (κ1) is 54.2. The molecule has 1 atom stereocenters. The zero-order valence-corrected chi connectivity index (χ0v) is 36.9. The van der Waals surface area contributed by atoms with Crippen LogP contribution >= 0.6 is 0 Å². The lowest BCUT2D eigenvalue weighted by Gasteiger charge is -2.24. The fourth-order valence-electron chi connectivity index (χ4n) is 5.65. The predicted molar refractivity (Wildman–Crippen MR) is 222 cm³/mol. The van der Waals surface area contributed by atoms with Crippen molar-refractivity contribution in [2.75, 3.05) is 65.9 Å². The molecule has 57 heavy (non-hydrogen) atoms. The number of unbranched alkanes of at least 4 members (excludes halogenated alkanes) is 13. The van der Waals surface area contributed by atoms with Crippen LogP contribution < -0.4 is 16.0 Å². The van der Waals surface area contributed by atoms with Gasteiger partial charge in [-0.15, -0.1) is 0 Å². The summed E-state index contributed by atoms with van der Waals surface area (Å²) in [5.41, 5.74) is -1.13. The summed E-state index contributed by atoms with van der Waals surface area (Å²) >= 11 is 0. The summed E-state index contributed by atoms with van der Waals surface area (Å²) in [7, 11) is 0. The SMILES string of the molecule is CCOCCOCCNC(=O)COCCOCCNC(=O)CC[C@H](NC(=O)CCCCCCCCCCCCCCCCC(=O)OC(C)(C)C)C(=O)OC(C)(C)C. The van der Waals surface area contributed by atoms with Crippen LogP contribution in [0.2, 0.25) is 0 Å². The number of hydrogen-bond acceptors (Lipinski definition) is 11. The number of hydrogen-bond donors (Lipinski definition) is 3. The van der Waals surface area contributed by atoms with E-state index in [0.29, 0.717) is 45.8 Å². The molecule has 3 amide bonds. The van der Waals surface area contributed by atoms with Gasteiger partial charge in [-0.3, -0.25) is 19.2 Å². The molecule has 14 heteroatoms. The molecule has 0 bridgehead atoms. The molecule has 14 nitrogen and oxygen atoms in total. The third-order valence-electron chi connectivity index (χ3n) is 8.46. The number of esters is 2. The van der Waals surface area contributed by atoms with Crippen LogP contribution in [0.4, 0.5) is 0 Å². The van der Waals surface area contributed by atoms with Crippen LogP contribution in [0.25, 0.3) is 0 Å². The third kappa shape index (κ3) is 39.8. The van der Waals surface area contributed by atoms with E-state index in [1.165, 1.54) is 51.4 Å². The van der Waals surface area contributed by atoms with Crippen molar-refractivity contribution in [3.05, 3.63) is 0 Å². The van der Waals surface area contributed by atoms with Crippen LogP contribution in [0, 0.1) is 0 Å². The summed E-state index contributed by atoms with van der Waals surface area (Å²) in [6.07, 6.45) is 16.8. The molecule has 334 valence electrons. The van der Waals surface area contributed by atoms with Gasteiger partial charge in [0.1, 0.15) is 23.9 Å². The quantitative estimate of drug-likeness (QED) is 0.0461. The van der Waals surface area contributed by atoms with Crippen LogP contribution in [0.3, 0.4) is 0 Å². The number of carbonyl (C=O) groups excluding carboxylic acids is 5. The molecule has 3 N–H and O–H groups in total. The molecule has 0 heterocycles. The Bertz CT molecular complexity index is 1060. The van der Waals surface area contributed by atoms with Crippen LogP contribution in [-0.4, -0.2) is 113 Å². The van der Waals surface area contributed by atoms with Gasteiger partial charge >= 0.3 is 11.9 Å². The van der Waals surface area contributed by atoms with Crippen molar-refractivity contribution in [3.63, 3.8) is 0 Å². The molecule has 0 saturated heterocycles. The molecule has 0 spiro atoms. The van der Waals surface area contributed by atoms with Gasteiger partial charge in [0, 0.05) is 39.0 Å². The highest BCUT2D eigenvalue weighted by Gasteiger charge is 2.27. The van der Waals surface area contributed by atoms with Crippen molar-refractivity contribution >= 4 is 29.7 Å². The minimum Gasteiger partial charge on any atom is -0.460 e. The van der Waals surface area contributed by atoms with E-state index in [0.717, 1.165) is 38.5 Å². The second-order valence-corrected chi connectivity index (χ2v) is 16.4. The third-order valence-corrected chi connectivity index (χ3v) is 8.46. The summed E-state index contributed by atoms with van der Waals surface area (Å²) in [6, 6.07) is -0.912. The lowest BCUT2D eigenvalue weighted by molar-refractivity contribution is -0.159. The van der Waals surface area contributed by atoms with E-state index in [1.54, 1.807) is 20.8 Å². The molecule has 0 radical (unpaired) electrons. The van der Waals surface area contributed by atoms with Gasteiger partial charge in [-0.25, -0.2) is 4.79 Å². The highest BCUT2D eigenvalue weighted by Crippen LogP contribution is 2.16. The number of amides is 3. The molecule has 0 rings (SSSR count). The molecule has 0 fully saturated rings. The van der Waals surface area contributed by atoms with E-state index >= 15 is 0 Å². The van der Waals surface area contributed by atoms with E-state index in [1.807, 2.05) is 27.7 Å². The summed E-state index contributed by atoms with van der Waals surface area (Å²) in [5.74, 6) is -1.37. The second kappa shape index (κ2) is 35.2. The van der Waals surface area contributed by atoms with Gasteiger partial charge in [0.15, 0.2) is 0 Å². The second-order valence-electron chi connectivity index (χ2n) is 16.4. The van der Waals surface area contributed by atoms with Crippen molar-refractivity contribution in [1.29, 1.82) is 0 Å². The Morgan fingerprint density at radius 3 is 1.40 bits per heavy atom. The van der Waals surface area contributed by atoms with E-state index in [2.05, 4.69) is 16.0 Å². The van der Waals surface area contributed by atoms with Gasteiger partial charge < -0.3 is 44.4 Å². The van der Waals surface area contributed by atoms with Gasteiger partial charge in [-0.2, -0.15) is 0 Å². The summed E-state index contributed by atoms with van der Waals surface area (Å²) in [4.78, 5) is 61.6. The van der Waals surface area contributed by atoms with Crippen molar-refractivity contribution in [2.24, 2.45) is 0 Å². The standard InChI is InChI=1S/C43H81N3O11/c1-8-52-31-32-53-30-28-45-39(49)35-55-34-33-54-29-27-44-37(47)26-25-36(41(51)57-43(5,6)7)46-38(48)23-21-19-17-15-13-11-9-10-12-14-16-18-20-22-24-40(50)56-42(2,3)4/h36H,8-35H2,1-7H3,(H,44,47)(H,45,49)(H,46,48)/t36-/m0/s1. The average molecular weight is 816 g/mol. The Morgan fingerprint density at radius 2 is 0.912 bits per heavy atom. The Balaban J connectivity index is 4.01. The zero-order valence-electron chi connectivity index (χ0n) is 36.9. The van der Waals surface area contributed by atoms with Crippen molar-refractivity contribution in [2.45, 2.75) is 181 Å². The molecule has 0 aromatic rings. The summed E-state index contributed by atoms with van der Waals surface area (Å²) in [5, 5.41) is 8.25. The van der Waals surface area contributed by atoms with Crippen LogP contribution in [0.5, 0.6) is 0 Å². The largest absolute Gasteiger partial charge is 0.460 e. The summed E-state index contributed by atoms with van der Waals surface area (Å²) in [6.45, 7) is 16.3. The Morgan fingerprint density at radius 1 is 0.474 bits per heavy atom. The van der Waals surface area contributed by atoms with E-state index in [4.69, 9.17) is 28.4 Å². The molecular weight excluding hydrogens is 734 g/mol. The minimum atomic E-state index is -0.912. The maximum atomic E-state index is 12.9. The smallest absolute Gasteiger partial charge is 0.329 e. The first-order valence-corrected chi connectivity index (χ1v) is 21.7. The highest BCUT2D eigenvalue weighted by molar-refractivity contribution is 5.85. The van der Waals surface area contributed by atoms with E-state index in [9.17, 15) is 24.0 Å². The topological polar surface area (TPSA) is 177 Å². The Kier molecular flexibility index (Phi) is 33.4. The zero-order chi connectivity index (χ0) is 42.6. The lowest BCUT2D eigenvalue weighted by Crippen LogP contribution is -2.44. The number of ether oxygens (including phenoxy) is 6. The normalized spacial score (nSPS) is 12.2. The predicted octanol–water partition coefficient (Wildman–Crippen LogP) is 6.50. The molecule has 0 saturated carbocycles. The molecule has 0 aliphatic rings. The fourth-order valence-corrected chi connectivity index (χ4v) is 5.65. The van der Waals surface area contributed by atoms with Crippen molar-refractivity contribution in [1.82, 2.24) is 16.0 Å². The van der Waals surface area contributed by atoms with Gasteiger partial charge in [-0.1, -0.05) is 77.0 Å². The van der Waals surface area contributed by atoms with Crippen molar-refractivity contribution < 1.29 is 52.4 Å². The fraction of sp³-hybridized carbons (Fsp3) is 0.884. The Hall–Kier alpha value is -2.81. The van der Waals surface area contributed by atoms with Crippen LogP contribution in [0.1, 0.15) is 164 Å². The highest BCUT2D eigenvalue weighted by atomic mass is 16.6. The maximum absolute atomic E-state index is 12.9. The first-order chi connectivity index (χ1) is 27.1. The van der Waals surface area contributed by atoms with Crippen molar-refractivity contribution in [3.8, 4) is 0 Å². The molecule has 0 aromatic carbocycles. The molecule has 0 aromatic heterocycles. The van der Waals surface area contributed by atoms with Gasteiger partial charge in [0.2, 0.25) is 17.7 Å². The maximum Gasteiger partial charge on any atom is 0.329 e. The number of rotatable bonds is 37. The average Bonchev–Trinajstić information content (AvgIpc) is 3.12. The number of nitrogens with one attached hydrogen (secondary N) is 3. The lowest BCUT2D eigenvalue weighted by atomic mass is 10.0. The van der Waals surface area contributed by atoms with Crippen LogP contribution in [-0.2, 0) is 52.4 Å². The minimum absolute atomic E-state index is 0.0390. The van der Waals surface area contributed by atoms with Gasteiger partial charge in [0.25, 0.3) is 0 Å². The molecule has 0 aliphatic carbocycles. The van der Waals surface area contributed by atoms with E-state index < -0.39 is 23.2 Å². The molecular formula is C43H81N3O11. The monoisotopic (exact) mass is 816 g/mol. The Labute approximate surface area is 344 Å². The summed E-state index contributed by atoms with van der Waals surface area (Å²) < 4.78 is 32.1. The van der Waals surface area contributed by atoms with Gasteiger partial charge in [-0.05, 0) is 67.7 Å². The molecule has 0 unspecified atom stereocenters. The molecule has 0 aliphatic heterocycles. The van der Waals surface area contributed by atoms with Gasteiger partial charge in [0.05, 0.1) is 39.6 Å². The number of carbonyl (C=O) groups is 5.